The van der Waals surface area contributed by atoms with Crippen molar-refractivity contribution < 1.29 is 19.4 Å². The third kappa shape index (κ3) is 4.59. The molecule has 1 unspecified atom stereocenters. The molecule has 0 spiro atoms. The van der Waals surface area contributed by atoms with Crippen molar-refractivity contribution in [3.8, 4) is 5.75 Å². The third-order valence-corrected chi connectivity index (χ3v) is 2.49. The second-order valence-corrected chi connectivity index (χ2v) is 4.00. The molecule has 1 rings (SSSR count). The van der Waals surface area contributed by atoms with Crippen LogP contribution in [0, 0.1) is 0 Å². The summed E-state index contributed by atoms with van der Waals surface area (Å²) in [7, 11) is 1.54. The molecule has 0 saturated carbocycles. The van der Waals surface area contributed by atoms with Gasteiger partial charge in [-0.3, -0.25) is 9.59 Å². The lowest BCUT2D eigenvalue weighted by Gasteiger charge is -2.14. The molecule has 0 aliphatic carbocycles. The molecule has 104 valence electrons. The monoisotopic (exact) mass is 266 g/mol. The minimum absolute atomic E-state index is 0.119. The number of carbonyl (C=O) groups excluding carboxylic acids is 2. The summed E-state index contributed by atoms with van der Waals surface area (Å²) in [5.41, 5.74) is 0.138. The van der Waals surface area contributed by atoms with Gasteiger partial charge in [0, 0.05) is 13.7 Å². The second-order valence-electron chi connectivity index (χ2n) is 4.00. The predicted molar refractivity (Wildman–Crippen MR) is 69.9 cm³/mol. The van der Waals surface area contributed by atoms with Crippen LogP contribution in [0.25, 0.3) is 0 Å². The Balaban J connectivity index is 2.52. The number of ether oxygens (including phenoxy) is 1. The average molecular weight is 266 g/mol. The lowest BCUT2D eigenvalue weighted by atomic mass is 10.1. The van der Waals surface area contributed by atoms with Gasteiger partial charge in [-0.15, -0.1) is 0 Å². The van der Waals surface area contributed by atoms with Crippen LogP contribution in [0.5, 0.6) is 5.75 Å². The number of phenolic OH excluding ortho intramolecular Hbond substituents is 1. The van der Waals surface area contributed by atoms with Gasteiger partial charge in [-0.05, 0) is 19.1 Å². The topological polar surface area (TPSA) is 87.7 Å². The van der Waals surface area contributed by atoms with Gasteiger partial charge in [-0.25, -0.2) is 0 Å². The van der Waals surface area contributed by atoms with Crippen molar-refractivity contribution in [2.75, 3.05) is 20.3 Å². The normalized spacial score (nSPS) is 11.7. The van der Waals surface area contributed by atoms with E-state index >= 15 is 0 Å². The molecular weight excluding hydrogens is 248 g/mol. The minimum Gasteiger partial charge on any atom is -0.507 e. The maximum Gasteiger partial charge on any atom is 0.255 e. The number of phenols is 1. The Kier molecular flexibility index (Phi) is 5.81. The highest BCUT2D eigenvalue weighted by molar-refractivity contribution is 5.99. The summed E-state index contributed by atoms with van der Waals surface area (Å²) in [5.74, 6) is -0.916. The summed E-state index contributed by atoms with van der Waals surface area (Å²) in [4.78, 5) is 23.5. The summed E-state index contributed by atoms with van der Waals surface area (Å²) >= 11 is 0. The van der Waals surface area contributed by atoms with Crippen LogP contribution in [-0.2, 0) is 9.53 Å². The van der Waals surface area contributed by atoms with E-state index in [4.69, 9.17) is 4.74 Å². The van der Waals surface area contributed by atoms with Gasteiger partial charge in [0.05, 0.1) is 12.2 Å². The van der Waals surface area contributed by atoms with E-state index in [1.807, 2.05) is 0 Å². The molecule has 6 nitrogen and oxygen atoms in total. The average Bonchev–Trinajstić information content (AvgIpc) is 2.39. The van der Waals surface area contributed by atoms with Crippen molar-refractivity contribution in [1.29, 1.82) is 0 Å². The number of para-hydroxylation sites is 1. The lowest BCUT2D eigenvalue weighted by molar-refractivity contribution is -0.122. The number of carbonyl (C=O) groups is 2. The van der Waals surface area contributed by atoms with Crippen LogP contribution < -0.4 is 10.6 Å². The van der Waals surface area contributed by atoms with Crippen LogP contribution in [0.4, 0.5) is 0 Å². The van der Waals surface area contributed by atoms with Crippen molar-refractivity contribution in [3.63, 3.8) is 0 Å². The van der Waals surface area contributed by atoms with Gasteiger partial charge in [0.15, 0.2) is 0 Å². The van der Waals surface area contributed by atoms with Crippen LogP contribution in [0.15, 0.2) is 24.3 Å². The molecule has 1 atom stereocenters. The minimum atomic E-state index is -0.691. The molecule has 0 aliphatic heterocycles. The van der Waals surface area contributed by atoms with Crippen LogP contribution in [-0.4, -0.2) is 43.2 Å². The molecule has 0 bridgehead atoms. The number of aromatic hydroxyl groups is 1. The first-order valence-corrected chi connectivity index (χ1v) is 5.91. The van der Waals surface area contributed by atoms with Crippen LogP contribution >= 0.6 is 0 Å². The molecule has 0 aromatic heterocycles. The Morgan fingerprint density at radius 2 is 2.05 bits per heavy atom. The first kappa shape index (κ1) is 15.0. The SMILES string of the molecule is COCCNC(=O)C(C)NC(=O)c1ccccc1O. The Morgan fingerprint density at radius 3 is 2.68 bits per heavy atom. The van der Waals surface area contributed by atoms with Gasteiger partial charge in [-0.2, -0.15) is 0 Å². The maximum absolute atomic E-state index is 11.8. The number of methoxy groups -OCH3 is 1. The third-order valence-electron chi connectivity index (χ3n) is 2.49. The molecule has 1 aromatic carbocycles. The summed E-state index contributed by atoms with van der Waals surface area (Å²) in [6.07, 6.45) is 0. The fourth-order valence-electron chi connectivity index (χ4n) is 1.43. The Bertz CT molecular complexity index is 448. The Morgan fingerprint density at radius 1 is 1.37 bits per heavy atom. The highest BCUT2D eigenvalue weighted by Crippen LogP contribution is 2.15. The number of hydrogen-bond donors (Lipinski definition) is 3. The second kappa shape index (κ2) is 7.38. The first-order valence-electron chi connectivity index (χ1n) is 5.91. The number of rotatable bonds is 6. The van der Waals surface area contributed by atoms with Crippen molar-refractivity contribution in [1.82, 2.24) is 10.6 Å². The Hall–Kier alpha value is -2.08. The van der Waals surface area contributed by atoms with E-state index in [1.54, 1.807) is 19.1 Å². The molecule has 0 radical (unpaired) electrons. The van der Waals surface area contributed by atoms with Gasteiger partial charge in [0.25, 0.3) is 5.91 Å². The summed E-state index contributed by atoms with van der Waals surface area (Å²) in [5, 5.41) is 14.7. The molecule has 19 heavy (non-hydrogen) atoms. The summed E-state index contributed by atoms with van der Waals surface area (Å²) in [6, 6.07) is 5.47. The smallest absolute Gasteiger partial charge is 0.255 e. The van der Waals surface area contributed by atoms with Crippen molar-refractivity contribution >= 4 is 11.8 Å². The molecular formula is C13H18N2O4. The van der Waals surface area contributed by atoms with Crippen LogP contribution in [0.2, 0.25) is 0 Å². The molecule has 0 heterocycles. The van der Waals surface area contributed by atoms with Gasteiger partial charge in [0.2, 0.25) is 5.91 Å². The zero-order chi connectivity index (χ0) is 14.3. The van der Waals surface area contributed by atoms with E-state index in [1.165, 1.54) is 19.2 Å². The highest BCUT2D eigenvalue weighted by Gasteiger charge is 2.17. The van der Waals surface area contributed by atoms with Crippen molar-refractivity contribution in [2.24, 2.45) is 0 Å². The fourth-order valence-corrected chi connectivity index (χ4v) is 1.43. The fraction of sp³-hybridized carbons (Fsp3) is 0.385. The number of amides is 2. The van der Waals surface area contributed by atoms with Gasteiger partial charge < -0.3 is 20.5 Å². The van der Waals surface area contributed by atoms with Crippen molar-refractivity contribution in [3.05, 3.63) is 29.8 Å². The largest absolute Gasteiger partial charge is 0.507 e. The van der Waals surface area contributed by atoms with Gasteiger partial charge >= 0.3 is 0 Å². The molecule has 2 amide bonds. The molecule has 0 saturated heterocycles. The Labute approximate surface area is 111 Å². The quantitative estimate of drug-likeness (QED) is 0.645. The van der Waals surface area contributed by atoms with E-state index in [-0.39, 0.29) is 17.2 Å². The lowest BCUT2D eigenvalue weighted by Crippen LogP contribution is -2.45. The number of hydrogen-bond acceptors (Lipinski definition) is 4. The maximum atomic E-state index is 11.8. The summed E-state index contributed by atoms with van der Waals surface area (Å²) < 4.78 is 4.80. The highest BCUT2D eigenvalue weighted by atomic mass is 16.5. The first-order chi connectivity index (χ1) is 9.06. The van der Waals surface area contributed by atoms with E-state index in [2.05, 4.69) is 10.6 Å². The molecule has 1 aromatic rings. The van der Waals surface area contributed by atoms with E-state index in [0.29, 0.717) is 13.2 Å². The number of nitrogens with one attached hydrogen (secondary N) is 2. The zero-order valence-electron chi connectivity index (χ0n) is 11.0. The van der Waals surface area contributed by atoms with E-state index < -0.39 is 11.9 Å². The van der Waals surface area contributed by atoms with Crippen LogP contribution in [0.3, 0.4) is 0 Å². The molecule has 3 N–H and O–H groups in total. The van der Waals surface area contributed by atoms with E-state index in [0.717, 1.165) is 0 Å². The molecule has 0 aliphatic rings. The zero-order valence-corrected chi connectivity index (χ0v) is 11.0. The van der Waals surface area contributed by atoms with E-state index in [9.17, 15) is 14.7 Å². The standard InChI is InChI=1S/C13H18N2O4/c1-9(12(17)14-7-8-19-2)15-13(18)10-5-3-4-6-11(10)16/h3-6,9,16H,7-8H2,1-2H3,(H,14,17)(H,15,18). The van der Waals surface area contributed by atoms with Crippen molar-refractivity contribution in [2.45, 2.75) is 13.0 Å². The number of benzene rings is 1. The summed E-state index contributed by atoms with van der Waals surface area (Å²) in [6.45, 7) is 2.36. The predicted octanol–water partition coefficient (Wildman–Crippen LogP) is 0.273. The van der Waals surface area contributed by atoms with Crippen LogP contribution in [0.1, 0.15) is 17.3 Å². The van der Waals surface area contributed by atoms with Gasteiger partial charge in [-0.1, -0.05) is 12.1 Å². The molecule has 0 fully saturated rings. The molecule has 6 heteroatoms. The van der Waals surface area contributed by atoms with Gasteiger partial charge in [0.1, 0.15) is 11.8 Å².